The number of hydrogen-bond acceptors (Lipinski definition) is 7. The van der Waals surface area contributed by atoms with Gasteiger partial charge in [0.15, 0.2) is 11.5 Å². The average molecular weight is 497 g/mol. The number of rotatable bonds is 12. The van der Waals surface area contributed by atoms with E-state index in [1.807, 2.05) is 25.1 Å². The predicted molar refractivity (Wildman–Crippen MR) is 139 cm³/mol. The minimum absolute atomic E-state index is 0.0415. The summed E-state index contributed by atoms with van der Waals surface area (Å²) in [4.78, 5) is 30.0. The van der Waals surface area contributed by atoms with E-state index in [1.165, 1.54) is 12.0 Å². The van der Waals surface area contributed by atoms with Crippen LogP contribution in [0.1, 0.15) is 43.4 Å². The number of aliphatic hydroxyl groups excluding tert-OH is 1. The zero-order valence-electron chi connectivity index (χ0n) is 21.7. The van der Waals surface area contributed by atoms with E-state index in [0.29, 0.717) is 47.9 Å². The van der Waals surface area contributed by atoms with Gasteiger partial charge in [-0.05, 0) is 63.3 Å². The molecule has 2 aromatic carbocycles. The van der Waals surface area contributed by atoms with E-state index in [0.717, 1.165) is 19.4 Å². The summed E-state index contributed by atoms with van der Waals surface area (Å²) in [5.41, 5.74) is 1.10. The number of ether oxygens (including phenoxy) is 3. The van der Waals surface area contributed by atoms with Gasteiger partial charge in [0.25, 0.3) is 11.7 Å². The number of ketones is 1. The Morgan fingerprint density at radius 2 is 1.81 bits per heavy atom. The van der Waals surface area contributed by atoms with Crippen LogP contribution < -0.4 is 14.2 Å². The molecule has 0 spiro atoms. The molecule has 1 aliphatic rings. The molecular formula is C28H36N2O6. The van der Waals surface area contributed by atoms with Crippen molar-refractivity contribution in [3.05, 3.63) is 59.2 Å². The zero-order chi connectivity index (χ0) is 26.2. The van der Waals surface area contributed by atoms with Crippen molar-refractivity contribution >= 4 is 17.4 Å². The molecule has 194 valence electrons. The number of aliphatic hydroxyl groups is 1. The molecule has 2 aromatic rings. The van der Waals surface area contributed by atoms with Crippen molar-refractivity contribution in [2.24, 2.45) is 0 Å². The number of unbranched alkanes of at least 4 members (excludes halogenated alkanes) is 1. The van der Waals surface area contributed by atoms with Crippen molar-refractivity contribution < 1.29 is 28.9 Å². The quantitative estimate of drug-likeness (QED) is 0.203. The van der Waals surface area contributed by atoms with E-state index in [-0.39, 0.29) is 11.3 Å². The zero-order valence-corrected chi connectivity index (χ0v) is 21.7. The molecule has 1 aliphatic heterocycles. The first-order valence-corrected chi connectivity index (χ1v) is 12.2. The first-order chi connectivity index (χ1) is 17.3. The summed E-state index contributed by atoms with van der Waals surface area (Å²) in [7, 11) is 6.99. The second-order valence-corrected chi connectivity index (χ2v) is 8.99. The molecule has 1 unspecified atom stereocenters. The van der Waals surface area contributed by atoms with E-state index < -0.39 is 17.7 Å². The third kappa shape index (κ3) is 5.99. The summed E-state index contributed by atoms with van der Waals surface area (Å²) < 4.78 is 16.7. The largest absolute Gasteiger partial charge is 0.507 e. The first-order valence-electron chi connectivity index (χ1n) is 12.2. The van der Waals surface area contributed by atoms with Crippen molar-refractivity contribution in [1.29, 1.82) is 0 Å². The molecule has 0 aliphatic carbocycles. The lowest BCUT2D eigenvalue weighted by Gasteiger charge is -2.26. The van der Waals surface area contributed by atoms with E-state index in [4.69, 9.17) is 14.2 Å². The van der Waals surface area contributed by atoms with Crippen molar-refractivity contribution in [2.75, 3.05) is 48.0 Å². The number of amides is 1. The molecule has 0 aromatic heterocycles. The highest BCUT2D eigenvalue weighted by atomic mass is 16.5. The highest BCUT2D eigenvalue weighted by Gasteiger charge is 2.46. The second kappa shape index (κ2) is 12.4. The van der Waals surface area contributed by atoms with E-state index >= 15 is 0 Å². The van der Waals surface area contributed by atoms with Gasteiger partial charge in [0, 0.05) is 12.1 Å². The molecule has 8 heteroatoms. The molecule has 36 heavy (non-hydrogen) atoms. The Morgan fingerprint density at radius 1 is 1.03 bits per heavy atom. The van der Waals surface area contributed by atoms with Gasteiger partial charge >= 0.3 is 0 Å². The minimum atomic E-state index is -0.767. The molecule has 0 saturated carbocycles. The maximum atomic E-state index is 13.3. The minimum Gasteiger partial charge on any atom is -0.507 e. The number of Topliss-reactive ketones (excluding diaryl/α,β-unsaturated/α-hetero) is 1. The molecule has 1 saturated heterocycles. The summed E-state index contributed by atoms with van der Waals surface area (Å²) in [6.07, 6.45) is 2.59. The van der Waals surface area contributed by atoms with Crippen LogP contribution in [-0.2, 0) is 9.59 Å². The lowest BCUT2D eigenvalue weighted by molar-refractivity contribution is -0.139. The van der Waals surface area contributed by atoms with Crippen LogP contribution >= 0.6 is 0 Å². The Bertz CT molecular complexity index is 1110. The normalized spacial score (nSPS) is 17.1. The van der Waals surface area contributed by atoms with Crippen molar-refractivity contribution in [1.82, 2.24) is 9.80 Å². The van der Waals surface area contributed by atoms with Crippen LogP contribution in [0.25, 0.3) is 5.76 Å². The standard InChI is InChI=1S/C28H36N2O6/c1-6-7-16-36-22-13-12-19(18-23(22)35-5)25-24(26(31)20-10-8-11-21(17-20)34-4)27(32)28(33)30(25)15-9-14-29(2)3/h8,10-13,17-18,25,31H,6-7,9,14-16H2,1-5H3. The third-order valence-corrected chi connectivity index (χ3v) is 6.15. The Balaban J connectivity index is 2.10. The maximum absolute atomic E-state index is 13.3. The molecule has 1 atom stereocenters. The monoisotopic (exact) mass is 496 g/mol. The Hall–Kier alpha value is -3.52. The first kappa shape index (κ1) is 27.1. The summed E-state index contributed by atoms with van der Waals surface area (Å²) in [5, 5.41) is 11.3. The third-order valence-electron chi connectivity index (χ3n) is 6.15. The Labute approximate surface area is 213 Å². The van der Waals surface area contributed by atoms with Gasteiger partial charge in [-0.25, -0.2) is 0 Å². The molecule has 8 nitrogen and oxygen atoms in total. The van der Waals surface area contributed by atoms with E-state index in [1.54, 1.807) is 43.5 Å². The fourth-order valence-corrected chi connectivity index (χ4v) is 4.24. The van der Waals surface area contributed by atoms with Gasteiger partial charge in [0.1, 0.15) is 11.5 Å². The van der Waals surface area contributed by atoms with Gasteiger partial charge in [-0.3, -0.25) is 9.59 Å². The van der Waals surface area contributed by atoms with Crippen molar-refractivity contribution in [3.63, 3.8) is 0 Å². The van der Waals surface area contributed by atoms with Gasteiger partial charge in [-0.1, -0.05) is 31.5 Å². The number of likely N-dealkylation sites (tertiary alicyclic amines) is 1. The Kier molecular flexibility index (Phi) is 9.36. The van der Waals surface area contributed by atoms with Crippen molar-refractivity contribution in [2.45, 2.75) is 32.2 Å². The van der Waals surface area contributed by atoms with Crippen LogP contribution in [0.5, 0.6) is 17.2 Å². The molecule has 1 heterocycles. The second-order valence-electron chi connectivity index (χ2n) is 8.99. The number of carbonyl (C=O) groups excluding carboxylic acids is 2. The molecule has 0 bridgehead atoms. The highest BCUT2D eigenvalue weighted by Crippen LogP contribution is 2.42. The van der Waals surface area contributed by atoms with E-state index in [9.17, 15) is 14.7 Å². The molecule has 0 radical (unpaired) electrons. The van der Waals surface area contributed by atoms with Gasteiger partial charge in [0.2, 0.25) is 0 Å². The summed E-state index contributed by atoms with van der Waals surface area (Å²) in [6.45, 7) is 3.76. The van der Waals surface area contributed by atoms with Crippen LogP contribution in [0.4, 0.5) is 0 Å². The van der Waals surface area contributed by atoms with Crippen LogP contribution in [0.3, 0.4) is 0 Å². The SMILES string of the molecule is CCCCOc1ccc(C2C(=C(O)c3cccc(OC)c3)C(=O)C(=O)N2CCCN(C)C)cc1OC. The number of carbonyl (C=O) groups is 2. The fraction of sp³-hybridized carbons (Fsp3) is 0.429. The van der Waals surface area contributed by atoms with Crippen LogP contribution in [0.2, 0.25) is 0 Å². The van der Waals surface area contributed by atoms with Gasteiger partial charge in [0.05, 0.1) is 32.4 Å². The maximum Gasteiger partial charge on any atom is 0.295 e. The van der Waals surface area contributed by atoms with Gasteiger partial charge < -0.3 is 29.1 Å². The van der Waals surface area contributed by atoms with Crippen molar-refractivity contribution in [3.8, 4) is 17.2 Å². The molecule has 1 N–H and O–H groups in total. The van der Waals surface area contributed by atoms with Crippen LogP contribution in [0, 0.1) is 0 Å². The summed E-state index contributed by atoms with van der Waals surface area (Å²) >= 11 is 0. The van der Waals surface area contributed by atoms with Gasteiger partial charge in [-0.15, -0.1) is 0 Å². The number of nitrogens with zero attached hydrogens (tertiary/aromatic N) is 2. The molecule has 1 amide bonds. The highest BCUT2D eigenvalue weighted by molar-refractivity contribution is 6.46. The predicted octanol–water partition coefficient (Wildman–Crippen LogP) is 4.26. The Morgan fingerprint density at radius 3 is 2.47 bits per heavy atom. The summed E-state index contributed by atoms with van der Waals surface area (Å²) in [5.74, 6) is 0.0365. The lowest BCUT2D eigenvalue weighted by atomic mass is 9.95. The molecular weight excluding hydrogens is 460 g/mol. The van der Waals surface area contributed by atoms with Gasteiger partial charge in [-0.2, -0.15) is 0 Å². The fourth-order valence-electron chi connectivity index (χ4n) is 4.24. The topological polar surface area (TPSA) is 88.5 Å². The molecule has 1 fully saturated rings. The average Bonchev–Trinajstić information content (AvgIpc) is 3.13. The van der Waals surface area contributed by atoms with Crippen LogP contribution in [0.15, 0.2) is 48.0 Å². The summed E-state index contributed by atoms with van der Waals surface area (Å²) in [6, 6.07) is 11.4. The number of methoxy groups -OCH3 is 2. The molecule has 3 rings (SSSR count). The lowest BCUT2D eigenvalue weighted by Crippen LogP contribution is -2.32. The number of hydrogen-bond donors (Lipinski definition) is 1. The van der Waals surface area contributed by atoms with E-state index in [2.05, 4.69) is 6.92 Å². The smallest absolute Gasteiger partial charge is 0.295 e. The van der Waals surface area contributed by atoms with Crippen LogP contribution in [-0.4, -0.2) is 74.6 Å². The number of benzene rings is 2.